The summed E-state index contributed by atoms with van der Waals surface area (Å²) in [4.78, 5) is 45.6. The van der Waals surface area contributed by atoms with E-state index in [0.717, 1.165) is 4.90 Å². The second kappa shape index (κ2) is 6.12. The molecule has 2 rings (SSSR count). The number of carbonyl (C=O) groups is 3. The number of nitrogens with one attached hydrogen (secondary N) is 1. The van der Waals surface area contributed by atoms with Gasteiger partial charge in [-0.15, -0.1) is 0 Å². The number of hydrogen-bond acceptors (Lipinski definition) is 5. The molecule has 0 unspecified atom stereocenters. The minimum atomic E-state index is -0.558. The van der Waals surface area contributed by atoms with Crippen molar-refractivity contribution >= 4 is 29.1 Å². The Morgan fingerprint density at radius 1 is 1.29 bits per heavy atom. The second-order valence-electron chi connectivity index (χ2n) is 4.54. The van der Waals surface area contributed by atoms with Crippen molar-refractivity contribution in [2.24, 2.45) is 0 Å². The van der Waals surface area contributed by atoms with Crippen molar-refractivity contribution in [3.63, 3.8) is 0 Å². The first kappa shape index (κ1) is 14.6. The molecular formula is C13H13N3O5. The Bertz CT molecular complexity index is 598. The Hall–Kier alpha value is -2.77. The zero-order valence-corrected chi connectivity index (χ0v) is 11.1. The minimum Gasteiger partial charge on any atom is -0.326 e. The maximum atomic E-state index is 11.7. The Morgan fingerprint density at radius 3 is 2.57 bits per heavy atom. The predicted octanol–water partition coefficient (Wildman–Crippen LogP) is 1.07. The predicted molar refractivity (Wildman–Crippen MR) is 72.3 cm³/mol. The highest BCUT2D eigenvalue weighted by atomic mass is 16.6. The minimum absolute atomic E-state index is 0.0262. The molecule has 1 aliphatic heterocycles. The van der Waals surface area contributed by atoms with E-state index in [4.69, 9.17) is 0 Å². The number of carbonyl (C=O) groups excluding carboxylic acids is 3. The van der Waals surface area contributed by atoms with Crippen LogP contribution < -0.4 is 5.32 Å². The number of nitro groups is 1. The molecule has 0 bridgehead atoms. The zero-order valence-electron chi connectivity index (χ0n) is 11.1. The van der Waals surface area contributed by atoms with Gasteiger partial charge in [0, 0.05) is 43.6 Å². The van der Waals surface area contributed by atoms with E-state index in [2.05, 4.69) is 5.32 Å². The summed E-state index contributed by atoms with van der Waals surface area (Å²) in [6.45, 7) is 0.0262. The molecule has 0 spiro atoms. The lowest BCUT2D eigenvalue weighted by atomic mass is 10.2. The van der Waals surface area contributed by atoms with Crippen molar-refractivity contribution in [3.05, 3.63) is 34.4 Å². The van der Waals surface area contributed by atoms with Gasteiger partial charge in [-0.1, -0.05) is 6.07 Å². The van der Waals surface area contributed by atoms with E-state index in [1.807, 2.05) is 0 Å². The molecular weight excluding hydrogens is 278 g/mol. The van der Waals surface area contributed by atoms with Crippen LogP contribution in [0.2, 0.25) is 0 Å². The lowest BCUT2D eigenvalue weighted by Crippen LogP contribution is -2.32. The third-order valence-corrected chi connectivity index (χ3v) is 3.06. The number of likely N-dealkylation sites (tertiary alicyclic amines) is 1. The van der Waals surface area contributed by atoms with E-state index in [0.29, 0.717) is 5.69 Å². The number of imide groups is 1. The summed E-state index contributed by atoms with van der Waals surface area (Å²) in [7, 11) is 0. The fraction of sp³-hybridized carbons (Fsp3) is 0.308. The van der Waals surface area contributed by atoms with E-state index in [1.165, 1.54) is 24.3 Å². The van der Waals surface area contributed by atoms with Gasteiger partial charge in [0.05, 0.1) is 4.92 Å². The van der Waals surface area contributed by atoms with Gasteiger partial charge in [0.1, 0.15) is 0 Å². The van der Waals surface area contributed by atoms with Crippen molar-refractivity contribution in [1.29, 1.82) is 0 Å². The molecule has 21 heavy (non-hydrogen) atoms. The van der Waals surface area contributed by atoms with Crippen molar-refractivity contribution < 1.29 is 19.3 Å². The van der Waals surface area contributed by atoms with Crippen LogP contribution in [0.15, 0.2) is 24.3 Å². The van der Waals surface area contributed by atoms with E-state index in [1.54, 1.807) is 0 Å². The molecule has 1 aliphatic rings. The number of nitrogens with zero attached hydrogens (tertiary/aromatic N) is 2. The van der Waals surface area contributed by atoms with Crippen LogP contribution in [0.3, 0.4) is 0 Å². The Kier molecular flexibility index (Phi) is 4.27. The summed E-state index contributed by atoms with van der Waals surface area (Å²) in [5.74, 6) is -0.964. The Balaban J connectivity index is 1.90. The highest BCUT2D eigenvalue weighted by molar-refractivity contribution is 6.02. The second-order valence-corrected chi connectivity index (χ2v) is 4.54. The van der Waals surface area contributed by atoms with E-state index >= 15 is 0 Å². The van der Waals surface area contributed by atoms with Crippen LogP contribution >= 0.6 is 0 Å². The quantitative estimate of drug-likeness (QED) is 0.495. The number of rotatable bonds is 5. The average molecular weight is 291 g/mol. The fourth-order valence-corrected chi connectivity index (χ4v) is 2.01. The number of amides is 3. The Morgan fingerprint density at radius 2 is 1.95 bits per heavy atom. The molecule has 110 valence electrons. The number of hydrogen-bond donors (Lipinski definition) is 1. The van der Waals surface area contributed by atoms with Gasteiger partial charge in [-0.3, -0.25) is 29.4 Å². The van der Waals surface area contributed by atoms with Crippen LogP contribution in [0.5, 0.6) is 0 Å². The molecule has 8 nitrogen and oxygen atoms in total. The lowest BCUT2D eigenvalue weighted by Gasteiger charge is -2.13. The summed E-state index contributed by atoms with van der Waals surface area (Å²) in [6, 6.07) is 5.54. The topological polar surface area (TPSA) is 110 Å². The van der Waals surface area contributed by atoms with E-state index in [-0.39, 0.29) is 43.3 Å². The maximum Gasteiger partial charge on any atom is 0.271 e. The molecule has 0 radical (unpaired) electrons. The van der Waals surface area contributed by atoms with Gasteiger partial charge in [0.15, 0.2) is 0 Å². The molecule has 8 heteroatoms. The van der Waals surface area contributed by atoms with Gasteiger partial charge in [-0.25, -0.2) is 0 Å². The van der Waals surface area contributed by atoms with Gasteiger partial charge in [0.25, 0.3) is 5.69 Å². The van der Waals surface area contributed by atoms with Crippen LogP contribution in [0.4, 0.5) is 11.4 Å². The van der Waals surface area contributed by atoms with Gasteiger partial charge in [0.2, 0.25) is 17.7 Å². The van der Waals surface area contributed by atoms with Gasteiger partial charge in [-0.05, 0) is 6.07 Å². The van der Waals surface area contributed by atoms with Crippen molar-refractivity contribution in [3.8, 4) is 0 Å². The third kappa shape index (κ3) is 3.62. The standard InChI is InChI=1S/C13H13N3O5/c17-11(6-7-15-12(18)4-5-13(15)19)14-9-2-1-3-10(8-9)16(20)21/h1-3,8H,4-7H2,(H,14,17). The molecule has 0 atom stereocenters. The van der Waals surface area contributed by atoms with Gasteiger partial charge in [-0.2, -0.15) is 0 Å². The van der Waals surface area contributed by atoms with Crippen LogP contribution in [0.1, 0.15) is 19.3 Å². The number of benzene rings is 1. The number of non-ortho nitro benzene ring substituents is 1. The summed E-state index contributed by atoms with van der Waals surface area (Å²) >= 11 is 0. The lowest BCUT2D eigenvalue weighted by molar-refractivity contribution is -0.384. The zero-order chi connectivity index (χ0) is 15.4. The van der Waals surface area contributed by atoms with Crippen LogP contribution in [0, 0.1) is 10.1 Å². The third-order valence-electron chi connectivity index (χ3n) is 3.06. The van der Waals surface area contributed by atoms with Crippen molar-refractivity contribution in [2.45, 2.75) is 19.3 Å². The SMILES string of the molecule is O=C(CCN1C(=O)CCC1=O)Nc1cccc([N+](=O)[O-])c1. The molecule has 1 aromatic rings. The number of nitro benzene ring substituents is 1. The average Bonchev–Trinajstić information content (AvgIpc) is 2.76. The number of anilines is 1. The first-order valence-electron chi connectivity index (χ1n) is 6.35. The molecule has 1 N–H and O–H groups in total. The molecule has 1 saturated heterocycles. The first-order chi connectivity index (χ1) is 9.97. The van der Waals surface area contributed by atoms with Crippen LogP contribution in [-0.2, 0) is 14.4 Å². The fourth-order valence-electron chi connectivity index (χ4n) is 2.01. The van der Waals surface area contributed by atoms with Crippen LogP contribution in [-0.4, -0.2) is 34.1 Å². The normalized spacial score (nSPS) is 14.4. The van der Waals surface area contributed by atoms with Crippen LogP contribution in [0.25, 0.3) is 0 Å². The molecule has 1 fully saturated rings. The Labute approximate surface area is 119 Å². The molecule has 0 aliphatic carbocycles. The summed E-state index contributed by atoms with van der Waals surface area (Å²) in [5, 5.41) is 13.1. The first-order valence-corrected chi connectivity index (χ1v) is 6.35. The smallest absolute Gasteiger partial charge is 0.271 e. The summed E-state index contributed by atoms with van der Waals surface area (Å²) < 4.78 is 0. The van der Waals surface area contributed by atoms with Gasteiger partial charge >= 0.3 is 0 Å². The molecule has 1 aromatic carbocycles. The summed E-state index contributed by atoms with van der Waals surface area (Å²) in [6.07, 6.45) is 0.330. The molecule has 1 heterocycles. The highest BCUT2D eigenvalue weighted by Gasteiger charge is 2.28. The maximum absolute atomic E-state index is 11.7. The molecule has 0 saturated carbocycles. The van der Waals surface area contributed by atoms with E-state index < -0.39 is 10.8 Å². The highest BCUT2D eigenvalue weighted by Crippen LogP contribution is 2.17. The molecule has 0 aromatic heterocycles. The van der Waals surface area contributed by atoms with Gasteiger partial charge < -0.3 is 5.32 Å². The summed E-state index contributed by atoms with van der Waals surface area (Å²) in [5.41, 5.74) is 0.172. The van der Waals surface area contributed by atoms with E-state index in [9.17, 15) is 24.5 Å². The van der Waals surface area contributed by atoms with Crippen molar-refractivity contribution in [2.75, 3.05) is 11.9 Å². The molecule has 3 amide bonds. The van der Waals surface area contributed by atoms with Crippen molar-refractivity contribution in [1.82, 2.24) is 4.90 Å². The monoisotopic (exact) mass is 291 g/mol. The largest absolute Gasteiger partial charge is 0.326 e.